The molecule has 3 aromatic rings. The number of ether oxygens (including phenoxy) is 2. The first-order valence-electron chi connectivity index (χ1n) is 15.7. The number of nitrogens with one attached hydrogen (secondary N) is 2. The van der Waals surface area contributed by atoms with Crippen LogP contribution in [0.15, 0.2) is 66.7 Å². The van der Waals surface area contributed by atoms with Crippen LogP contribution in [-0.2, 0) is 16.1 Å². The lowest BCUT2D eigenvalue weighted by Crippen LogP contribution is -2.49. The average molecular weight is 630 g/mol. The lowest BCUT2D eigenvalue weighted by atomic mass is 10.1. The Morgan fingerprint density at radius 2 is 1.63 bits per heavy atom. The van der Waals surface area contributed by atoms with Gasteiger partial charge in [-0.15, -0.1) is 0 Å². The van der Waals surface area contributed by atoms with Crippen LogP contribution in [0.1, 0.15) is 49.5 Å². The molecule has 3 heterocycles. The number of rotatable bonds is 8. The predicted octanol–water partition coefficient (Wildman–Crippen LogP) is 4.88. The van der Waals surface area contributed by atoms with E-state index in [1.54, 1.807) is 17.0 Å². The summed E-state index contributed by atoms with van der Waals surface area (Å²) in [6, 6.07) is 20.9. The van der Waals surface area contributed by atoms with Crippen molar-refractivity contribution < 1.29 is 23.9 Å². The molecule has 1 unspecified atom stereocenters. The number of carbonyl (C=O) groups is 3. The predicted molar refractivity (Wildman–Crippen MR) is 177 cm³/mol. The number of nitrogens with zero attached hydrogens (tertiary/aromatic N) is 4. The van der Waals surface area contributed by atoms with Crippen LogP contribution < -0.4 is 26.2 Å². The molecule has 2 aromatic carbocycles. The molecule has 3 amide bonds. The van der Waals surface area contributed by atoms with Crippen LogP contribution >= 0.6 is 0 Å². The maximum atomic E-state index is 12.6. The molecule has 46 heavy (non-hydrogen) atoms. The fraction of sp³-hybridized carbons (Fsp3) is 0.412. The van der Waals surface area contributed by atoms with E-state index in [9.17, 15) is 14.4 Å². The van der Waals surface area contributed by atoms with Gasteiger partial charge in [0.15, 0.2) is 0 Å². The van der Waals surface area contributed by atoms with Gasteiger partial charge in [-0.3, -0.25) is 4.79 Å². The summed E-state index contributed by atoms with van der Waals surface area (Å²) in [6.07, 6.45) is 0.959. The molecule has 5 rings (SSSR count). The molecule has 0 aliphatic carbocycles. The van der Waals surface area contributed by atoms with Crippen LogP contribution in [0.25, 0.3) is 0 Å². The van der Waals surface area contributed by atoms with E-state index in [0.717, 1.165) is 36.3 Å². The highest BCUT2D eigenvalue weighted by Gasteiger charge is 2.26. The van der Waals surface area contributed by atoms with Crippen molar-refractivity contribution >= 4 is 41.1 Å². The molecule has 12 nitrogen and oxygen atoms in total. The Morgan fingerprint density at radius 1 is 0.913 bits per heavy atom. The Kier molecular flexibility index (Phi) is 10.1. The van der Waals surface area contributed by atoms with E-state index in [4.69, 9.17) is 20.2 Å². The first kappa shape index (κ1) is 32.4. The number of benzene rings is 2. The fourth-order valence-electron chi connectivity index (χ4n) is 5.55. The zero-order valence-electron chi connectivity index (χ0n) is 26.7. The number of primary amides is 1. The summed E-state index contributed by atoms with van der Waals surface area (Å²) in [5.41, 5.74) is 8.13. The van der Waals surface area contributed by atoms with E-state index in [0.29, 0.717) is 44.4 Å². The number of hydrogen-bond acceptors (Lipinski definition) is 9. The van der Waals surface area contributed by atoms with E-state index in [1.165, 1.54) is 0 Å². The summed E-state index contributed by atoms with van der Waals surface area (Å²) >= 11 is 0. The van der Waals surface area contributed by atoms with Crippen LogP contribution in [0.4, 0.5) is 32.6 Å². The molecule has 12 heteroatoms. The van der Waals surface area contributed by atoms with E-state index >= 15 is 0 Å². The van der Waals surface area contributed by atoms with Gasteiger partial charge in [-0.2, -0.15) is 0 Å². The first-order valence-corrected chi connectivity index (χ1v) is 15.7. The molecule has 2 aliphatic heterocycles. The van der Waals surface area contributed by atoms with Crippen LogP contribution in [-0.4, -0.2) is 78.9 Å². The molecule has 0 saturated carbocycles. The molecular weight excluding hydrogens is 586 g/mol. The molecular formula is C34H43N7O5. The van der Waals surface area contributed by atoms with Crippen LogP contribution in [0.5, 0.6) is 0 Å². The van der Waals surface area contributed by atoms with Crippen molar-refractivity contribution in [3.63, 3.8) is 0 Å². The lowest BCUT2D eigenvalue weighted by Gasteiger charge is -2.35. The van der Waals surface area contributed by atoms with Gasteiger partial charge in [-0.1, -0.05) is 30.3 Å². The molecule has 4 N–H and O–H groups in total. The lowest BCUT2D eigenvalue weighted by molar-refractivity contribution is 0.0499. The van der Waals surface area contributed by atoms with Crippen LogP contribution in [0.2, 0.25) is 0 Å². The summed E-state index contributed by atoms with van der Waals surface area (Å²) in [7, 11) is 0. The maximum Gasteiger partial charge on any atom is 0.410 e. The second kappa shape index (κ2) is 14.4. The van der Waals surface area contributed by atoms with Crippen LogP contribution in [0.3, 0.4) is 0 Å². The van der Waals surface area contributed by atoms with Crippen molar-refractivity contribution in [1.82, 2.24) is 15.2 Å². The van der Waals surface area contributed by atoms with E-state index in [-0.39, 0.29) is 24.3 Å². The number of hydrogen-bond donors (Lipinski definition) is 3. The molecule has 0 spiro atoms. The quantitative estimate of drug-likeness (QED) is 0.318. The molecule has 2 fully saturated rings. The molecule has 0 bridgehead atoms. The third kappa shape index (κ3) is 8.80. The number of aromatic nitrogens is 1. The van der Waals surface area contributed by atoms with Crippen molar-refractivity contribution in [2.75, 3.05) is 54.4 Å². The Hall–Kier alpha value is -5.00. The van der Waals surface area contributed by atoms with Gasteiger partial charge in [0.1, 0.15) is 23.8 Å². The summed E-state index contributed by atoms with van der Waals surface area (Å²) in [5.74, 6) is 0.462. The standard InChI is InChI=1S/C34H43N7O5/c1-34(2,3)46-32(43)37-26-10-7-17-41(22-26)29-16-15-28(30(35)42)31(38-29)36-25-11-13-27(14-12-25)39-18-20-40(21-19-39)33(44)45-23-24-8-5-4-6-9-24/h4-6,8-9,11-16,26H,7,10,17-23H2,1-3H3,(H2,35,42)(H,36,38)(H,37,43). The molecule has 2 saturated heterocycles. The van der Waals surface area contributed by atoms with Gasteiger partial charge in [0.25, 0.3) is 5.91 Å². The van der Waals surface area contributed by atoms with Gasteiger partial charge >= 0.3 is 12.2 Å². The molecule has 2 aliphatic rings. The van der Waals surface area contributed by atoms with Crippen molar-refractivity contribution in [1.29, 1.82) is 0 Å². The highest BCUT2D eigenvalue weighted by Crippen LogP contribution is 2.27. The zero-order valence-corrected chi connectivity index (χ0v) is 26.7. The number of pyridine rings is 1. The normalized spacial score (nSPS) is 16.8. The minimum absolute atomic E-state index is 0.0908. The third-order valence-corrected chi connectivity index (χ3v) is 7.85. The van der Waals surface area contributed by atoms with Gasteiger partial charge < -0.3 is 40.5 Å². The Labute approximate surface area is 269 Å². The topological polar surface area (TPSA) is 142 Å². The third-order valence-electron chi connectivity index (χ3n) is 7.85. The van der Waals surface area contributed by atoms with Gasteiger partial charge in [0, 0.05) is 56.7 Å². The van der Waals surface area contributed by atoms with Crippen molar-refractivity contribution in [2.24, 2.45) is 5.73 Å². The monoisotopic (exact) mass is 629 g/mol. The summed E-state index contributed by atoms with van der Waals surface area (Å²) in [5, 5.41) is 6.23. The highest BCUT2D eigenvalue weighted by atomic mass is 16.6. The van der Waals surface area contributed by atoms with Gasteiger partial charge in [-0.05, 0) is 75.6 Å². The second-order valence-electron chi connectivity index (χ2n) is 12.5. The Morgan fingerprint density at radius 3 is 2.30 bits per heavy atom. The van der Waals surface area contributed by atoms with Crippen molar-refractivity contribution in [3.05, 3.63) is 77.9 Å². The van der Waals surface area contributed by atoms with Crippen molar-refractivity contribution in [3.8, 4) is 0 Å². The summed E-state index contributed by atoms with van der Waals surface area (Å²) < 4.78 is 10.9. The average Bonchev–Trinajstić information content (AvgIpc) is 3.03. The minimum Gasteiger partial charge on any atom is -0.445 e. The largest absolute Gasteiger partial charge is 0.445 e. The Bertz CT molecular complexity index is 1500. The summed E-state index contributed by atoms with van der Waals surface area (Å²) in [6.45, 7) is 9.59. The smallest absolute Gasteiger partial charge is 0.410 e. The van der Waals surface area contributed by atoms with Crippen LogP contribution in [0, 0.1) is 0 Å². The fourth-order valence-corrected chi connectivity index (χ4v) is 5.55. The zero-order chi connectivity index (χ0) is 32.7. The molecule has 1 atom stereocenters. The van der Waals surface area contributed by atoms with E-state index in [2.05, 4.69) is 20.4 Å². The second-order valence-corrected chi connectivity index (χ2v) is 12.5. The summed E-state index contributed by atoms with van der Waals surface area (Å²) in [4.78, 5) is 47.9. The molecule has 0 radical (unpaired) electrons. The molecule has 244 valence electrons. The number of piperazine rings is 1. The number of anilines is 4. The SMILES string of the molecule is CC(C)(C)OC(=O)NC1CCCN(c2ccc(C(N)=O)c(Nc3ccc(N4CCN(C(=O)OCc5ccccc5)CC4)cc3)n2)C1. The van der Waals surface area contributed by atoms with E-state index < -0.39 is 17.6 Å². The minimum atomic E-state index is -0.582. The highest BCUT2D eigenvalue weighted by molar-refractivity contribution is 5.98. The van der Waals surface area contributed by atoms with Gasteiger partial charge in [0.05, 0.1) is 5.56 Å². The van der Waals surface area contributed by atoms with Gasteiger partial charge in [-0.25, -0.2) is 14.6 Å². The number of carbonyl (C=O) groups excluding carboxylic acids is 3. The Balaban J connectivity index is 1.17. The molecule has 1 aromatic heterocycles. The number of nitrogens with two attached hydrogens (primary N) is 1. The number of amides is 3. The number of alkyl carbamates (subject to hydrolysis) is 1. The van der Waals surface area contributed by atoms with Crippen molar-refractivity contribution in [2.45, 2.75) is 51.9 Å². The maximum absolute atomic E-state index is 12.6. The first-order chi connectivity index (χ1) is 22.0. The number of piperidine rings is 1. The van der Waals surface area contributed by atoms with E-state index in [1.807, 2.05) is 75.4 Å². The van der Waals surface area contributed by atoms with Gasteiger partial charge in [0.2, 0.25) is 0 Å².